The van der Waals surface area contributed by atoms with E-state index in [4.69, 9.17) is 4.74 Å². The molecule has 0 saturated carbocycles. The van der Waals surface area contributed by atoms with Crippen molar-refractivity contribution in [2.24, 2.45) is 0 Å². The first kappa shape index (κ1) is 21.9. The second-order valence-electron chi connectivity index (χ2n) is 6.87. The van der Waals surface area contributed by atoms with Crippen LogP contribution in [-0.4, -0.2) is 18.8 Å². The van der Waals surface area contributed by atoms with Crippen molar-refractivity contribution in [2.75, 3.05) is 0 Å². The number of unbranched alkanes of at least 4 members (excludes halogenated alkanes) is 2. The van der Waals surface area contributed by atoms with Gasteiger partial charge in [-0.1, -0.05) is 50.5 Å². The van der Waals surface area contributed by atoms with Crippen molar-refractivity contribution in [2.45, 2.75) is 70.1 Å². The molecule has 0 aromatic heterocycles. The highest BCUT2D eigenvalue weighted by Gasteiger charge is 2.38. The predicted molar refractivity (Wildman–Crippen MR) is 97.7 cm³/mol. The third-order valence-corrected chi connectivity index (χ3v) is 6.18. The van der Waals surface area contributed by atoms with Crippen LogP contribution in [-0.2, 0) is 10.9 Å². The summed E-state index contributed by atoms with van der Waals surface area (Å²) >= 11 is 0. The highest BCUT2D eigenvalue weighted by molar-refractivity contribution is 6.71. The number of ether oxygens (including phenoxy) is 1. The van der Waals surface area contributed by atoms with Gasteiger partial charge in [0.15, 0.2) is 0 Å². The van der Waals surface area contributed by atoms with Gasteiger partial charge in [-0.25, -0.2) is 0 Å². The molecule has 0 amide bonds. The van der Waals surface area contributed by atoms with Crippen LogP contribution < -0.4 is 0 Å². The lowest BCUT2D eigenvalue weighted by Crippen LogP contribution is -2.44. The van der Waals surface area contributed by atoms with Crippen molar-refractivity contribution in [1.82, 2.24) is 0 Å². The molecule has 1 rings (SSSR count). The largest absolute Gasteiger partial charge is 0.430 e. The average molecular weight is 375 g/mol. The molecule has 0 unspecified atom stereocenters. The fourth-order valence-corrected chi connectivity index (χ4v) is 4.22. The van der Waals surface area contributed by atoms with Crippen LogP contribution in [0.4, 0.5) is 13.2 Å². The maximum atomic E-state index is 13.3. The number of alkyl halides is 3. The van der Waals surface area contributed by atoms with Crippen LogP contribution >= 0.6 is 0 Å². The molecule has 0 spiro atoms. The molecule has 1 N–H and O–H groups in total. The summed E-state index contributed by atoms with van der Waals surface area (Å²) in [4.78, 5) is 10.5. The molecule has 1 aromatic rings. The molecule has 2 nitrogen and oxygen atoms in total. The molecule has 25 heavy (non-hydrogen) atoms. The lowest BCUT2D eigenvalue weighted by molar-refractivity contribution is -0.139. The van der Waals surface area contributed by atoms with Gasteiger partial charge in [0.25, 0.3) is 0 Å². The van der Waals surface area contributed by atoms with E-state index in [2.05, 4.69) is 13.5 Å². The van der Waals surface area contributed by atoms with Crippen LogP contribution in [0, 0.1) is 0 Å². The number of rotatable bonds is 10. The number of hydrogen-bond donors (Lipinski definition) is 1. The summed E-state index contributed by atoms with van der Waals surface area (Å²) in [6.07, 6.45) is 0.215. The molecule has 0 bridgehead atoms. The minimum Gasteiger partial charge on any atom is -0.430 e. The Kier molecular flexibility index (Phi) is 8.37. The summed E-state index contributed by atoms with van der Waals surface area (Å²) in [5, 5.41) is 0. The first-order valence-electron chi connectivity index (χ1n) is 8.76. The van der Waals surface area contributed by atoms with Gasteiger partial charge in [0.2, 0.25) is 8.32 Å². The van der Waals surface area contributed by atoms with Gasteiger partial charge < -0.3 is 9.53 Å². The van der Waals surface area contributed by atoms with Crippen molar-refractivity contribution < 1.29 is 22.7 Å². The van der Waals surface area contributed by atoms with Gasteiger partial charge in [0, 0.05) is 0 Å². The smallest absolute Gasteiger partial charge is 0.416 e. The van der Waals surface area contributed by atoms with Crippen LogP contribution in [0.15, 0.2) is 36.9 Å². The zero-order valence-electron chi connectivity index (χ0n) is 15.3. The van der Waals surface area contributed by atoms with Crippen LogP contribution in [0.1, 0.15) is 56.3 Å². The van der Waals surface area contributed by atoms with Gasteiger partial charge in [-0.05, 0) is 37.6 Å². The highest BCUT2D eigenvalue weighted by atomic mass is 28.4. The Hall–Kier alpha value is -1.11. The Morgan fingerprint density at radius 3 is 2.40 bits per heavy atom. The van der Waals surface area contributed by atoms with E-state index in [-0.39, 0.29) is 12.0 Å². The van der Waals surface area contributed by atoms with Crippen molar-refractivity contribution in [3.63, 3.8) is 0 Å². The first-order chi connectivity index (χ1) is 11.6. The molecule has 0 radical (unpaired) electrons. The standard InChI is InChI=1S/C19H29F3O2Si/c1-5-7-8-14-18(25(3,4)23)24-17(11-6-2)15-12-9-10-13-16(15)19(20,21)22/h6,9-10,12-13,17-18,23H,2,5,7-8,11,14H2,1,3-4H3/t17-,18+/m1/s1. The third-order valence-electron chi connectivity index (χ3n) is 4.18. The zero-order valence-corrected chi connectivity index (χ0v) is 16.3. The van der Waals surface area contributed by atoms with E-state index in [1.807, 2.05) is 0 Å². The number of hydrogen-bond acceptors (Lipinski definition) is 2. The maximum Gasteiger partial charge on any atom is 0.416 e. The summed E-state index contributed by atoms with van der Waals surface area (Å²) in [5.74, 6) is 0. The molecule has 6 heteroatoms. The molecule has 0 heterocycles. The van der Waals surface area contributed by atoms with Crippen LogP contribution in [0.5, 0.6) is 0 Å². The molecular formula is C19H29F3O2Si. The molecule has 0 aliphatic heterocycles. The molecule has 0 aliphatic carbocycles. The third kappa shape index (κ3) is 6.96. The van der Waals surface area contributed by atoms with Crippen molar-refractivity contribution >= 4 is 8.32 Å². The lowest BCUT2D eigenvalue weighted by atomic mass is 9.99. The Morgan fingerprint density at radius 1 is 1.24 bits per heavy atom. The van der Waals surface area contributed by atoms with E-state index in [1.54, 1.807) is 25.2 Å². The van der Waals surface area contributed by atoms with Crippen molar-refractivity contribution in [1.29, 1.82) is 0 Å². The maximum absolute atomic E-state index is 13.3. The average Bonchev–Trinajstić information content (AvgIpc) is 2.51. The second-order valence-corrected chi connectivity index (χ2v) is 10.8. The van der Waals surface area contributed by atoms with E-state index >= 15 is 0 Å². The van der Waals surface area contributed by atoms with E-state index in [0.29, 0.717) is 6.42 Å². The summed E-state index contributed by atoms with van der Waals surface area (Å²) in [5.41, 5.74) is -0.995. The Bertz CT molecular complexity index is 538. The minimum atomic E-state index is -4.44. The topological polar surface area (TPSA) is 29.5 Å². The molecule has 2 atom stereocenters. The fourth-order valence-electron chi connectivity index (χ4n) is 2.81. The molecular weight excluding hydrogens is 345 g/mol. The van der Waals surface area contributed by atoms with E-state index in [9.17, 15) is 18.0 Å². The van der Waals surface area contributed by atoms with Crippen LogP contribution in [0.25, 0.3) is 0 Å². The van der Waals surface area contributed by atoms with Gasteiger partial charge in [0.1, 0.15) is 0 Å². The highest BCUT2D eigenvalue weighted by Crippen LogP contribution is 2.38. The molecule has 0 saturated heterocycles. The summed E-state index contributed by atoms with van der Waals surface area (Å²) in [6.45, 7) is 9.27. The summed E-state index contributed by atoms with van der Waals surface area (Å²) in [7, 11) is -2.66. The van der Waals surface area contributed by atoms with Crippen molar-refractivity contribution in [3.05, 3.63) is 48.0 Å². The molecule has 0 aliphatic rings. The number of benzene rings is 1. The van der Waals surface area contributed by atoms with Gasteiger partial charge in [-0.3, -0.25) is 0 Å². The first-order valence-corrected chi connectivity index (χ1v) is 11.8. The summed E-state index contributed by atoms with van der Waals surface area (Å²) < 4.78 is 46.1. The quantitative estimate of drug-likeness (QED) is 0.308. The Morgan fingerprint density at radius 2 is 1.88 bits per heavy atom. The van der Waals surface area contributed by atoms with Crippen LogP contribution in [0.2, 0.25) is 13.1 Å². The summed E-state index contributed by atoms with van der Waals surface area (Å²) in [6, 6.07) is 5.48. The Labute approximate surface area is 149 Å². The fraction of sp³-hybridized carbons (Fsp3) is 0.579. The molecule has 0 fully saturated rings. The second kappa shape index (κ2) is 9.55. The Balaban J connectivity index is 3.12. The van der Waals surface area contributed by atoms with E-state index in [1.165, 1.54) is 12.1 Å². The van der Waals surface area contributed by atoms with Crippen LogP contribution in [0.3, 0.4) is 0 Å². The predicted octanol–water partition coefficient (Wildman–Crippen LogP) is 6.02. The minimum absolute atomic E-state index is 0.105. The molecule has 142 valence electrons. The lowest BCUT2D eigenvalue weighted by Gasteiger charge is -2.32. The van der Waals surface area contributed by atoms with Gasteiger partial charge in [-0.2, -0.15) is 13.2 Å². The molecule has 1 aromatic carbocycles. The van der Waals surface area contributed by atoms with E-state index < -0.39 is 31.9 Å². The van der Waals surface area contributed by atoms with E-state index in [0.717, 1.165) is 25.3 Å². The zero-order chi connectivity index (χ0) is 19.1. The SMILES string of the molecule is C=CC[C@@H](O[C@H](CCCCC)[Si](C)(C)O)c1ccccc1C(F)(F)F. The monoisotopic (exact) mass is 374 g/mol. The van der Waals surface area contributed by atoms with Gasteiger partial charge in [-0.15, -0.1) is 6.58 Å². The normalized spacial score (nSPS) is 15.0. The van der Waals surface area contributed by atoms with Crippen molar-refractivity contribution in [3.8, 4) is 0 Å². The van der Waals surface area contributed by atoms with Gasteiger partial charge in [0.05, 0.1) is 17.4 Å². The number of halogens is 3. The van der Waals surface area contributed by atoms with Gasteiger partial charge >= 0.3 is 6.18 Å².